The van der Waals surface area contributed by atoms with Crippen molar-refractivity contribution in [3.63, 3.8) is 0 Å². The fourth-order valence-electron chi connectivity index (χ4n) is 19.3. The van der Waals surface area contributed by atoms with Gasteiger partial charge >= 0.3 is 0 Å². The Kier molecular flexibility index (Phi) is 22.2. The van der Waals surface area contributed by atoms with Gasteiger partial charge in [0.1, 0.15) is 0 Å². The molecule has 140 heavy (non-hydrogen) atoms. The maximum Gasteiger partial charge on any atom is 0.166 e. The molecule has 24 aromatic rings. The maximum absolute atomic E-state index is 6.34. The molecule has 19 aromatic carbocycles. The van der Waals surface area contributed by atoms with E-state index in [1.54, 1.807) is 0 Å². The number of fused-ring (bicyclic) bond motifs is 11. The number of nitrogens with zero attached hydrogens (tertiary/aromatic N) is 12. The van der Waals surface area contributed by atoms with Gasteiger partial charge in [-0.3, -0.25) is 0 Å². The number of anilines is 6. The first-order valence-electron chi connectivity index (χ1n) is 46.9. The molecule has 0 amide bonds. The first-order valence-corrected chi connectivity index (χ1v) is 47.7. The highest BCUT2D eigenvalue weighted by molar-refractivity contribution is 7.26. The lowest BCUT2D eigenvalue weighted by molar-refractivity contribution is 0.477. The molecule has 0 N–H and O–H groups in total. The van der Waals surface area contributed by atoms with Gasteiger partial charge in [0.25, 0.3) is 0 Å². The van der Waals surface area contributed by atoms with E-state index in [0.29, 0.717) is 52.4 Å². The molecule has 0 fully saturated rings. The van der Waals surface area contributed by atoms with E-state index in [0.717, 1.165) is 146 Å². The molecule has 0 bridgehead atoms. The molecule has 0 radical (unpaired) electrons. The lowest BCUT2D eigenvalue weighted by Crippen LogP contribution is -2.30. The van der Waals surface area contributed by atoms with Crippen molar-refractivity contribution in [2.75, 3.05) is 9.80 Å². The van der Waals surface area contributed by atoms with Gasteiger partial charge in [0.2, 0.25) is 0 Å². The Balaban J connectivity index is 0.000000114. The number of rotatable bonds is 15. The summed E-state index contributed by atoms with van der Waals surface area (Å²) in [5.74, 6) is 7.21. The lowest BCUT2D eigenvalue weighted by Gasteiger charge is -2.42. The molecule has 0 unspecified atom stereocenters. The molecule has 0 spiro atoms. The predicted octanol–water partition coefficient (Wildman–Crippen LogP) is 32.8. The second-order valence-corrected chi connectivity index (χ2v) is 36.1. The third-order valence-electron chi connectivity index (χ3n) is 26.1. The van der Waals surface area contributed by atoms with Gasteiger partial charge in [-0.05, 0) is 136 Å². The monoisotopic (exact) mass is 1810 g/mol. The highest BCUT2D eigenvalue weighted by Crippen LogP contribution is 2.56. The molecule has 7 heterocycles. The molecule has 0 aliphatic carbocycles. The fraction of sp³-hybridized carbons (Fsp3) is 0.0238. The first kappa shape index (κ1) is 84.6. The summed E-state index contributed by atoms with van der Waals surface area (Å²) in [6, 6.07) is 168. The zero-order chi connectivity index (χ0) is 93.4. The molecule has 662 valence electrons. The lowest BCUT2D eigenvalue weighted by atomic mass is 9.73. The smallest absolute Gasteiger partial charge is 0.166 e. The van der Waals surface area contributed by atoms with Crippen LogP contribution >= 0.6 is 11.3 Å². The Morgan fingerprint density at radius 3 is 0.871 bits per heavy atom. The van der Waals surface area contributed by atoms with Gasteiger partial charge < -0.3 is 19.1 Å². The maximum atomic E-state index is 6.34. The van der Waals surface area contributed by atoms with E-state index in [2.05, 4.69) is 307 Å². The molecule has 14 heteroatoms. The molecule has 2 aliphatic rings. The molecule has 5 aromatic heterocycles. The van der Waals surface area contributed by atoms with Crippen molar-refractivity contribution in [1.29, 1.82) is 0 Å². The highest BCUT2D eigenvalue weighted by atomic mass is 32.1. The molecule has 13 nitrogen and oxygen atoms in total. The molecular weight excluding hydrogens is 1730 g/mol. The van der Waals surface area contributed by atoms with E-state index in [-0.39, 0.29) is 5.41 Å². The van der Waals surface area contributed by atoms with Crippen LogP contribution in [0.3, 0.4) is 0 Å². The van der Waals surface area contributed by atoms with Crippen molar-refractivity contribution >= 4 is 87.4 Å². The van der Waals surface area contributed by atoms with Crippen LogP contribution in [0.2, 0.25) is 0 Å². The van der Waals surface area contributed by atoms with Crippen molar-refractivity contribution in [3.8, 4) is 153 Å². The van der Waals surface area contributed by atoms with E-state index in [1.807, 2.05) is 218 Å². The van der Waals surface area contributed by atoms with Crippen LogP contribution in [0.5, 0.6) is 11.5 Å². The van der Waals surface area contributed by atoms with Crippen molar-refractivity contribution in [2.24, 2.45) is 0 Å². The normalized spacial score (nSPS) is 12.2. The molecule has 0 saturated carbocycles. The summed E-state index contributed by atoms with van der Waals surface area (Å²) in [6.07, 6.45) is 0. The molecular formula is C126H86N12OS. The minimum absolute atomic E-state index is 0.165. The Labute approximate surface area is 814 Å². The number of hydrogen-bond donors (Lipinski definition) is 0. The van der Waals surface area contributed by atoms with Crippen LogP contribution in [0.25, 0.3) is 184 Å². The summed E-state index contributed by atoms with van der Waals surface area (Å²) in [5, 5.41) is 5.08. The summed E-state index contributed by atoms with van der Waals surface area (Å²) in [6.45, 7) is 4.62. The average molecular weight is 1820 g/mol. The second-order valence-electron chi connectivity index (χ2n) is 35.1. The summed E-state index contributed by atoms with van der Waals surface area (Å²) < 4.78 is 11.3. The Bertz CT molecular complexity index is 8470. The van der Waals surface area contributed by atoms with Crippen LogP contribution < -0.4 is 14.5 Å². The summed E-state index contributed by atoms with van der Waals surface area (Å²) in [7, 11) is 0. The SMILES string of the molecule is CC1(C)c2ccccc2N(c2ccc(-c3ccccc3)cc2-c2nc(-c3ccccc3)nc(-c3ccccc3)n2)c2ccccc21.c1ccc(-c2ccc(-n3c4ccccc4c4c5sc6ccccc6c5ccc43)c(-c3nc(-c4ccccc4)nc(-c4ccccc4)n3)c2)cc1.c1ccc(-c2ccc(N3c4ccccc4Oc4ccccc43)c(-c3nc(-c4ccccc4)nc(-c4ccccc4)n3)c2)cc1. The van der Waals surface area contributed by atoms with E-state index < -0.39 is 0 Å². The number of aromatic nitrogens is 10. The standard InChI is InChI=1S/C45H28N4S.C42H32N4.C39H26N4O/c1-4-14-29(15-5-1)32-24-26-38(36(28-32)45-47-43(30-16-6-2-7-17-30)46-44(48-45)31-18-8-3-9-19-31)49-37-22-12-10-21-35(37)41-39(49)27-25-34-33-20-11-13-23-40(33)50-42(34)41;1-42(2)34-22-12-14-24-37(34)46(38-25-15-13-23-35(38)42)36-27-26-32(29-16-6-3-7-17-29)28-33(36)41-44-39(30-18-8-4-9-19-30)43-40(45-41)31-20-10-5-11-21-31;1-4-14-27(15-5-1)30-24-25-32(43-33-20-10-12-22-35(33)44-36-23-13-11-21-34(36)43)31(26-30)39-41-37(28-16-6-2-7-17-28)40-38(42-39)29-18-8-3-9-19-29/h1-28H;3-28H,1-2H3;1-26H. The highest BCUT2D eigenvalue weighted by Gasteiger charge is 2.38. The van der Waals surface area contributed by atoms with Crippen LogP contribution in [0.15, 0.2) is 485 Å². The summed E-state index contributed by atoms with van der Waals surface area (Å²) >= 11 is 1.87. The zero-order valence-electron chi connectivity index (χ0n) is 76.4. The Morgan fingerprint density at radius 2 is 0.493 bits per heavy atom. The molecule has 0 atom stereocenters. The zero-order valence-corrected chi connectivity index (χ0v) is 77.2. The first-order chi connectivity index (χ1) is 69.2. The number of thiophene rings is 1. The van der Waals surface area contributed by atoms with Crippen LogP contribution in [0.1, 0.15) is 25.0 Å². The third-order valence-corrected chi connectivity index (χ3v) is 27.3. The summed E-state index contributed by atoms with van der Waals surface area (Å²) in [5.41, 5.74) is 26.9. The van der Waals surface area contributed by atoms with Gasteiger partial charge in [-0.15, -0.1) is 11.3 Å². The number of para-hydroxylation sites is 7. The molecule has 26 rings (SSSR count). The van der Waals surface area contributed by atoms with Crippen LogP contribution in [0.4, 0.5) is 34.1 Å². The number of benzene rings is 19. The fourth-order valence-corrected chi connectivity index (χ4v) is 20.6. The minimum Gasteiger partial charge on any atom is -0.453 e. The molecule has 2 aliphatic heterocycles. The minimum atomic E-state index is -0.165. The van der Waals surface area contributed by atoms with E-state index in [1.165, 1.54) is 42.1 Å². The van der Waals surface area contributed by atoms with Gasteiger partial charge in [-0.2, -0.15) is 0 Å². The van der Waals surface area contributed by atoms with Crippen molar-refractivity contribution < 1.29 is 4.74 Å². The van der Waals surface area contributed by atoms with Crippen LogP contribution in [-0.4, -0.2) is 49.4 Å². The van der Waals surface area contributed by atoms with Crippen molar-refractivity contribution in [3.05, 3.63) is 496 Å². The van der Waals surface area contributed by atoms with E-state index >= 15 is 0 Å². The van der Waals surface area contributed by atoms with Gasteiger partial charge in [-0.25, -0.2) is 44.9 Å². The van der Waals surface area contributed by atoms with Crippen molar-refractivity contribution in [2.45, 2.75) is 19.3 Å². The van der Waals surface area contributed by atoms with Crippen LogP contribution in [-0.2, 0) is 5.41 Å². The van der Waals surface area contributed by atoms with E-state index in [4.69, 9.17) is 49.6 Å². The Morgan fingerprint density at radius 1 is 0.207 bits per heavy atom. The number of hydrogen-bond acceptors (Lipinski definition) is 13. The summed E-state index contributed by atoms with van der Waals surface area (Å²) in [4.78, 5) is 50.6. The van der Waals surface area contributed by atoms with Gasteiger partial charge in [0.05, 0.1) is 50.8 Å². The second kappa shape index (κ2) is 36.8. The topological polar surface area (TPSA) is 137 Å². The quantitative estimate of drug-likeness (QED) is 0.0966. The predicted molar refractivity (Wildman–Crippen MR) is 574 cm³/mol. The largest absolute Gasteiger partial charge is 0.453 e. The number of ether oxygens (including phenoxy) is 1. The third kappa shape index (κ3) is 16.1. The average Bonchev–Trinajstić information content (AvgIpc) is 1.42. The van der Waals surface area contributed by atoms with Gasteiger partial charge in [-0.1, -0.05) is 408 Å². The van der Waals surface area contributed by atoms with Crippen LogP contribution in [0, 0.1) is 0 Å². The van der Waals surface area contributed by atoms with Gasteiger partial charge in [0, 0.05) is 86.4 Å². The molecule has 0 saturated heterocycles. The Hall–Kier alpha value is -18.4. The van der Waals surface area contributed by atoms with E-state index in [9.17, 15) is 0 Å². The van der Waals surface area contributed by atoms with Crippen molar-refractivity contribution in [1.82, 2.24) is 49.4 Å². The van der Waals surface area contributed by atoms with Gasteiger partial charge in [0.15, 0.2) is 63.9 Å².